The van der Waals surface area contributed by atoms with Gasteiger partial charge in [0, 0.05) is 13.1 Å². The second-order valence-corrected chi connectivity index (χ2v) is 5.81. The minimum absolute atomic E-state index is 0.719. The van der Waals surface area contributed by atoms with E-state index in [1.54, 1.807) is 9.36 Å². The van der Waals surface area contributed by atoms with E-state index < -0.39 is 0 Å². The average molecular weight is 316 g/mol. The molecule has 0 saturated carbocycles. The second kappa shape index (κ2) is 8.14. The molecule has 0 aliphatic heterocycles. The molecule has 2 N–H and O–H groups in total. The van der Waals surface area contributed by atoms with Gasteiger partial charge in [-0.15, -0.1) is 10.2 Å². The molecule has 0 radical (unpaired) electrons. The third-order valence-electron chi connectivity index (χ3n) is 2.34. The minimum atomic E-state index is 0.719. The molecule has 0 aliphatic carbocycles. The maximum absolute atomic E-state index is 3.99. The van der Waals surface area contributed by atoms with Crippen LogP contribution in [0, 0.1) is 0 Å². The van der Waals surface area contributed by atoms with Crippen LogP contribution in [0.4, 0.5) is 0 Å². The van der Waals surface area contributed by atoms with Crippen LogP contribution in [0.25, 0.3) is 0 Å². The molecular formula is C8H16N10S2. The Morgan fingerprint density at radius 2 is 1.30 bits per heavy atom. The van der Waals surface area contributed by atoms with Gasteiger partial charge >= 0.3 is 0 Å². The monoisotopic (exact) mass is 316 g/mol. The topological polar surface area (TPSA) is 111 Å². The Morgan fingerprint density at radius 3 is 1.70 bits per heavy atom. The van der Waals surface area contributed by atoms with Crippen LogP contribution in [0.3, 0.4) is 0 Å². The quantitative estimate of drug-likeness (QED) is 0.553. The highest BCUT2D eigenvalue weighted by molar-refractivity contribution is 8.76. The van der Waals surface area contributed by atoms with Gasteiger partial charge in [-0.1, -0.05) is 0 Å². The highest BCUT2D eigenvalue weighted by Gasteiger charge is 2.12. The average Bonchev–Trinajstić information content (AvgIpc) is 3.09. The number of rotatable bonds is 9. The van der Waals surface area contributed by atoms with Gasteiger partial charge in [-0.2, -0.15) is 0 Å². The van der Waals surface area contributed by atoms with Crippen molar-refractivity contribution in [3.05, 3.63) is 0 Å². The summed E-state index contributed by atoms with van der Waals surface area (Å²) >= 11 is 0. The maximum Gasteiger partial charge on any atom is 0.220 e. The van der Waals surface area contributed by atoms with Gasteiger partial charge in [-0.05, 0) is 56.5 Å². The highest BCUT2D eigenvalue weighted by atomic mass is 33.1. The van der Waals surface area contributed by atoms with E-state index in [4.69, 9.17) is 0 Å². The number of nitrogens with one attached hydrogen (secondary N) is 2. The van der Waals surface area contributed by atoms with Gasteiger partial charge in [0.1, 0.15) is 0 Å². The molecule has 12 heteroatoms. The molecule has 0 amide bonds. The molecule has 110 valence electrons. The Morgan fingerprint density at radius 1 is 0.850 bits per heavy atom. The van der Waals surface area contributed by atoms with E-state index in [-0.39, 0.29) is 0 Å². The number of nitrogens with zero attached hydrogens (tertiary/aromatic N) is 8. The summed E-state index contributed by atoms with van der Waals surface area (Å²) in [6, 6.07) is 0. The SMILES string of the molecule is CNCCn1nnnc1SSc1nnnn1CCNC. The van der Waals surface area contributed by atoms with Crippen molar-refractivity contribution >= 4 is 21.6 Å². The van der Waals surface area contributed by atoms with Crippen molar-refractivity contribution in [3.8, 4) is 0 Å². The molecule has 2 heterocycles. The van der Waals surface area contributed by atoms with Crippen LogP contribution < -0.4 is 10.6 Å². The Labute approximate surface area is 123 Å². The number of hydrogen-bond acceptors (Lipinski definition) is 10. The normalized spacial score (nSPS) is 11.1. The van der Waals surface area contributed by atoms with Gasteiger partial charge < -0.3 is 10.6 Å². The predicted molar refractivity (Wildman–Crippen MR) is 75.2 cm³/mol. The third-order valence-corrected chi connectivity index (χ3v) is 4.45. The third kappa shape index (κ3) is 4.13. The highest BCUT2D eigenvalue weighted by Crippen LogP contribution is 2.33. The van der Waals surface area contributed by atoms with Crippen LogP contribution in [0.15, 0.2) is 10.3 Å². The van der Waals surface area contributed by atoms with Gasteiger partial charge in [0.2, 0.25) is 10.3 Å². The lowest BCUT2D eigenvalue weighted by molar-refractivity contribution is 0.529. The van der Waals surface area contributed by atoms with Crippen molar-refractivity contribution in [1.29, 1.82) is 0 Å². The van der Waals surface area contributed by atoms with Crippen molar-refractivity contribution < 1.29 is 0 Å². The summed E-state index contributed by atoms with van der Waals surface area (Å²) in [5.74, 6) is 0. The lowest BCUT2D eigenvalue weighted by Crippen LogP contribution is -2.16. The van der Waals surface area contributed by atoms with Crippen LogP contribution in [0.5, 0.6) is 0 Å². The van der Waals surface area contributed by atoms with Crippen LogP contribution in [-0.2, 0) is 13.1 Å². The zero-order valence-corrected chi connectivity index (χ0v) is 12.9. The number of hydrogen-bond donors (Lipinski definition) is 2. The van der Waals surface area contributed by atoms with E-state index >= 15 is 0 Å². The smallest absolute Gasteiger partial charge is 0.220 e. The Hall–Kier alpha value is -1.24. The molecule has 0 bridgehead atoms. The van der Waals surface area contributed by atoms with Gasteiger partial charge in [-0.3, -0.25) is 0 Å². The summed E-state index contributed by atoms with van der Waals surface area (Å²) in [5, 5.41) is 30.8. The van der Waals surface area contributed by atoms with Gasteiger partial charge in [0.05, 0.1) is 13.1 Å². The molecule has 20 heavy (non-hydrogen) atoms. The van der Waals surface area contributed by atoms with E-state index in [0.29, 0.717) is 0 Å². The van der Waals surface area contributed by atoms with Crippen molar-refractivity contribution in [2.24, 2.45) is 0 Å². The van der Waals surface area contributed by atoms with Gasteiger partial charge in [0.25, 0.3) is 0 Å². The van der Waals surface area contributed by atoms with Crippen molar-refractivity contribution in [3.63, 3.8) is 0 Å². The maximum atomic E-state index is 3.99. The van der Waals surface area contributed by atoms with Gasteiger partial charge in [-0.25, -0.2) is 9.36 Å². The molecular weight excluding hydrogens is 300 g/mol. The Kier molecular flexibility index (Phi) is 6.17. The molecule has 0 fully saturated rings. The molecule has 0 aromatic carbocycles. The molecule has 2 aromatic heterocycles. The van der Waals surface area contributed by atoms with Crippen LogP contribution in [0.1, 0.15) is 0 Å². The van der Waals surface area contributed by atoms with E-state index in [0.717, 1.165) is 36.5 Å². The lowest BCUT2D eigenvalue weighted by atomic mass is 10.6. The second-order valence-electron chi connectivity index (χ2n) is 3.74. The van der Waals surface area contributed by atoms with Crippen LogP contribution >= 0.6 is 21.6 Å². The van der Waals surface area contributed by atoms with E-state index in [9.17, 15) is 0 Å². The van der Waals surface area contributed by atoms with Crippen molar-refractivity contribution in [1.82, 2.24) is 51.0 Å². The summed E-state index contributed by atoms with van der Waals surface area (Å²) < 4.78 is 3.49. The van der Waals surface area contributed by atoms with E-state index in [1.807, 2.05) is 14.1 Å². The molecule has 10 nitrogen and oxygen atoms in total. The number of likely N-dealkylation sites (N-methyl/N-ethyl adjacent to an activating group) is 2. The Balaban J connectivity index is 1.92. The zero-order chi connectivity index (χ0) is 14.2. The molecule has 2 aromatic rings. The molecule has 0 spiro atoms. The van der Waals surface area contributed by atoms with Crippen LogP contribution in [0.2, 0.25) is 0 Å². The Bertz CT molecular complexity index is 465. The fourth-order valence-corrected chi connectivity index (χ4v) is 3.18. The lowest BCUT2D eigenvalue weighted by Gasteiger charge is -2.04. The summed E-state index contributed by atoms with van der Waals surface area (Å²) in [7, 11) is 6.66. The first-order chi connectivity index (χ1) is 9.85. The molecule has 0 atom stereocenters. The summed E-state index contributed by atoms with van der Waals surface area (Å²) in [5.41, 5.74) is 0. The number of tetrazole rings is 2. The van der Waals surface area contributed by atoms with Gasteiger partial charge in [0.15, 0.2) is 0 Å². The fraction of sp³-hybridized carbons (Fsp3) is 0.750. The van der Waals surface area contributed by atoms with Crippen LogP contribution in [-0.4, -0.2) is 67.6 Å². The van der Waals surface area contributed by atoms with Crippen molar-refractivity contribution in [2.75, 3.05) is 27.2 Å². The zero-order valence-electron chi connectivity index (χ0n) is 11.2. The first-order valence-electron chi connectivity index (χ1n) is 6.01. The standard InChI is InChI=1S/C8H16N10S2/c1-9-3-5-17-7(11-13-15-17)19-20-8-12-14-16-18(8)6-4-10-2/h9-10H,3-6H2,1-2H3. The predicted octanol–water partition coefficient (Wildman–Crippen LogP) is -1.10. The largest absolute Gasteiger partial charge is 0.318 e. The van der Waals surface area contributed by atoms with E-state index in [2.05, 4.69) is 41.7 Å². The first-order valence-corrected chi connectivity index (χ1v) is 8.16. The first kappa shape index (κ1) is 15.2. The molecule has 0 saturated heterocycles. The molecule has 0 aliphatic rings. The summed E-state index contributed by atoms with van der Waals surface area (Å²) in [6.07, 6.45) is 0. The summed E-state index contributed by atoms with van der Waals surface area (Å²) in [6.45, 7) is 3.06. The number of aromatic nitrogens is 8. The van der Waals surface area contributed by atoms with Crippen molar-refractivity contribution in [2.45, 2.75) is 23.4 Å². The molecule has 2 rings (SSSR count). The fourth-order valence-electron chi connectivity index (χ4n) is 1.30. The van der Waals surface area contributed by atoms with E-state index in [1.165, 1.54) is 21.6 Å². The summed E-state index contributed by atoms with van der Waals surface area (Å²) in [4.78, 5) is 0. The minimum Gasteiger partial charge on any atom is -0.318 e. The molecule has 0 unspecified atom stereocenters.